The van der Waals surface area contributed by atoms with Crippen LogP contribution < -0.4 is 0 Å². The fourth-order valence-corrected chi connectivity index (χ4v) is 2.34. The van der Waals surface area contributed by atoms with E-state index in [0.717, 1.165) is 12.8 Å². The normalized spacial score (nSPS) is 11.0. The van der Waals surface area contributed by atoms with Gasteiger partial charge in [0.05, 0.1) is 6.61 Å². The topological polar surface area (TPSA) is 63.6 Å². The molecule has 0 aliphatic carbocycles. The second-order valence-corrected chi connectivity index (χ2v) is 6.18. The first-order chi connectivity index (χ1) is 11.1. The Labute approximate surface area is 142 Å². The minimum Gasteiger partial charge on any atom is -0.488 e. The number of aliphatic carboxylic acids is 1. The van der Waals surface area contributed by atoms with Gasteiger partial charge >= 0.3 is 0 Å². The largest absolute Gasteiger partial charge is 0.488 e. The van der Waals surface area contributed by atoms with E-state index in [4.69, 9.17) is 9.84 Å². The van der Waals surface area contributed by atoms with Crippen molar-refractivity contribution >= 4 is 11.9 Å². The van der Waals surface area contributed by atoms with Crippen molar-refractivity contribution in [3.8, 4) is 0 Å². The van der Waals surface area contributed by atoms with Crippen molar-refractivity contribution in [2.24, 2.45) is 5.92 Å². The molecule has 0 rings (SSSR count). The van der Waals surface area contributed by atoms with E-state index in [-0.39, 0.29) is 6.42 Å². The molecule has 0 aliphatic heterocycles. The zero-order valence-corrected chi connectivity index (χ0v) is 28.9. The van der Waals surface area contributed by atoms with Gasteiger partial charge in [0.25, 0.3) is 5.97 Å². The zero-order chi connectivity index (χ0) is 17.3. The van der Waals surface area contributed by atoms with E-state index in [1.165, 1.54) is 64.2 Å². The molecule has 1 N–H and O–H groups in total. The Kier molecular flexibility index (Phi) is 20.1. The summed E-state index contributed by atoms with van der Waals surface area (Å²) >= 11 is 0. The molecule has 4 nitrogen and oxygen atoms in total. The number of carboxylic acid groups (broad SMARTS) is 1. The molecule has 1 atom stereocenters. The number of rotatable bonds is 16. The van der Waals surface area contributed by atoms with Gasteiger partial charge in [-0.15, -0.1) is 0 Å². The molecule has 0 aromatic rings. The van der Waals surface area contributed by atoms with Crippen LogP contribution in [0.3, 0.4) is 0 Å². The third kappa shape index (κ3) is 18.8. The smallest absolute Gasteiger partial charge is 0.273 e. The number of carbonyl (C=O) groups excluding carboxylic acids is 1. The zero-order valence-electron chi connectivity index (χ0n) is 16.1. The molecule has 1 unspecified atom stereocenters. The summed E-state index contributed by atoms with van der Waals surface area (Å²) in [5.74, 6) is -2.23. The molecule has 140 valence electrons. The Bertz CT molecular complexity index is 312. The van der Waals surface area contributed by atoms with Crippen molar-refractivity contribution in [3.63, 3.8) is 0 Å². The average molecular weight is 860 g/mol. The molecular formula is C19H34O4Rf2-2. The molecule has 0 aliphatic rings. The number of esters is 1. The molecule has 0 spiro atoms. The summed E-state index contributed by atoms with van der Waals surface area (Å²) in [4.78, 5) is 21.9. The molecule has 25 heavy (non-hydrogen) atoms. The van der Waals surface area contributed by atoms with Crippen LogP contribution in [0.2, 0.25) is 0 Å². The van der Waals surface area contributed by atoms with Gasteiger partial charge in [0, 0.05) is 0 Å². The fraction of sp³-hybridized carbons (Fsp3) is 0.789. The standard InChI is InChI=1S/C19H34O4.2Rf/c1-3-4-5-6-7-8-9-10-11-12-13-16-23-18(20)15-14-17(2)19(21)22;;/h15,17H,2-14,16H2,1H3,(H,21,22);;/q-2;;. The van der Waals surface area contributed by atoms with Crippen LogP contribution in [0.5, 0.6) is 0 Å². The van der Waals surface area contributed by atoms with Crippen molar-refractivity contribution in [1.29, 1.82) is 0 Å². The summed E-state index contributed by atoms with van der Waals surface area (Å²) in [6, 6.07) is 0. The number of hydrogen-bond acceptors (Lipinski definition) is 3. The van der Waals surface area contributed by atoms with Crippen LogP contribution in [0, 0.1) is 19.3 Å². The third-order valence-corrected chi connectivity index (χ3v) is 3.91. The van der Waals surface area contributed by atoms with Gasteiger partial charge in [-0.25, -0.2) is 0 Å². The van der Waals surface area contributed by atoms with Crippen LogP contribution in [-0.4, -0.2) is 23.7 Å². The third-order valence-electron chi connectivity index (χ3n) is 3.91. The van der Waals surface area contributed by atoms with Gasteiger partial charge in [-0.2, -0.15) is 6.42 Å². The van der Waals surface area contributed by atoms with E-state index >= 15 is 0 Å². The van der Waals surface area contributed by atoms with Crippen LogP contribution in [0.1, 0.15) is 84.0 Å². The van der Waals surface area contributed by atoms with E-state index in [1.54, 1.807) is 0 Å². The maximum absolute atomic E-state index is 11.4. The summed E-state index contributed by atoms with van der Waals surface area (Å²) in [6.45, 7) is 6.09. The van der Waals surface area contributed by atoms with E-state index in [1.807, 2.05) is 0 Å². The summed E-state index contributed by atoms with van der Waals surface area (Å²) in [5, 5.41) is 8.65. The van der Waals surface area contributed by atoms with E-state index < -0.39 is 17.9 Å². The monoisotopic (exact) mass is 860 g/mol. The maximum atomic E-state index is 11.4. The van der Waals surface area contributed by atoms with Crippen molar-refractivity contribution in [1.82, 2.24) is 0 Å². The Morgan fingerprint density at radius 1 is 0.920 bits per heavy atom. The number of carbonyl (C=O) groups is 2. The summed E-state index contributed by atoms with van der Waals surface area (Å²) in [5.41, 5.74) is 0. The quantitative estimate of drug-likeness (QED) is 0.136. The van der Waals surface area contributed by atoms with Crippen molar-refractivity contribution in [2.45, 2.75) is 84.0 Å². The Morgan fingerprint density at radius 2 is 1.36 bits per heavy atom. The summed E-state index contributed by atoms with van der Waals surface area (Å²) in [7, 11) is 0. The summed E-state index contributed by atoms with van der Waals surface area (Å²) in [6.07, 6.45) is 15.2. The van der Waals surface area contributed by atoms with E-state index in [2.05, 4.69) is 13.8 Å². The van der Waals surface area contributed by atoms with Gasteiger partial charge in [-0.05, 0) is 6.42 Å². The van der Waals surface area contributed by atoms with Crippen molar-refractivity contribution in [3.05, 3.63) is 13.3 Å². The fourth-order valence-electron chi connectivity index (χ4n) is 2.34. The average Bonchev–Trinajstić information content (AvgIpc) is 2.53. The maximum Gasteiger partial charge on any atom is 0.273 e. The second kappa shape index (κ2) is 18.9. The molecule has 6 heteroatoms. The molecule has 0 aromatic heterocycles. The van der Waals surface area contributed by atoms with E-state index in [9.17, 15) is 9.59 Å². The molecule has 0 saturated carbocycles. The molecule has 0 saturated heterocycles. The van der Waals surface area contributed by atoms with Gasteiger partial charge in [0.15, 0.2) is 5.97 Å². The summed E-state index contributed by atoms with van der Waals surface area (Å²) < 4.78 is 5.04. The molecule has 0 radical (unpaired) electrons. The van der Waals surface area contributed by atoms with Gasteiger partial charge < -0.3 is 16.8 Å². The predicted octanol–water partition coefficient (Wildman–Crippen LogP) is 4.97. The number of unbranched alkanes of at least 4 members (excludes halogenated alkanes) is 10. The van der Waals surface area contributed by atoms with Crippen molar-refractivity contribution in [2.75, 3.05) is 6.61 Å². The van der Waals surface area contributed by atoms with Crippen LogP contribution in [0.25, 0.3) is 0 Å². The Balaban J connectivity index is -0.00000242. The number of hydrogen-bond donors (Lipinski definition) is 1. The first-order valence-corrected chi connectivity index (χ1v) is 9.13. The predicted molar refractivity (Wildman–Crippen MR) is 92.8 cm³/mol. The Hall–Kier alpha value is -3.19. The van der Waals surface area contributed by atoms with Gasteiger partial charge in [-0.3, -0.25) is 16.0 Å². The first kappa shape index (κ1) is 26.7. The van der Waals surface area contributed by atoms with Crippen LogP contribution in [-0.2, 0) is 14.3 Å². The molecule has 0 bridgehead atoms. The van der Waals surface area contributed by atoms with Crippen LogP contribution in [0.15, 0.2) is 0 Å². The van der Waals surface area contributed by atoms with Gasteiger partial charge in [0.2, 0.25) is 0 Å². The molecule has 0 aromatic carbocycles. The molecule has 0 heterocycles. The van der Waals surface area contributed by atoms with Crippen LogP contribution >= 0.6 is 0 Å². The Morgan fingerprint density at radius 3 is 1.80 bits per heavy atom. The first-order valence-electron chi connectivity index (χ1n) is 9.13. The van der Waals surface area contributed by atoms with Crippen molar-refractivity contribution < 1.29 is 19.4 Å². The van der Waals surface area contributed by atoms with Gasteiger partial charge in [-0.1, -0.05) is 77.0 Å². The van der Waals surface area contributed by atoms with Crippen LogP contribution in [0.4, 0.5) is 0 Å². The number of ether oxygens (including phenoxy) is 1. The van der Waals surface area contributed by atoms with Gasteiger partial charge in [0.1, 0.15) is 0 Å². The number of carboxylic acids is 1. The second-order valence-electron chi connectivity index (χ2n) is 6.18. The molecule has 0 fully saturated rings. The minimum absolute atomic E-state index is 0. The molecule has 0 amide bonds. The SMILES string of the molecule is [CH2-]C(C[CH-]C(=O)OCCCCCCCCCCCCC)C(=O)O.[Rf].[Rf]. The minimum atomic E-state index is -1.00. The van der Waals surface area contributed by atoms with E-state index in [0.29, 0.717) is 6.61 Å². The molecular weight excluding hydrogens is 826 g/mol.